The van der Waals surface area contributed by atoms with Gasteiger partial charge in [0.2, 0.25) is 0 Å². The summed E-state index contributed by atoms with van der Waals surface area (Å²) < 4.78 is 20.3. The molecule has 3 aliphatic rings. The Kier molecular flexibility index (Phi) is 4.46. The third-order valence-corrected chi connectivity index (χ3v) is 6.71. The summed E-state index contributed by atoms with van der Waals surface area (Å²) in [6.45, 7) is 2.83. The van der Waals surface area contributed by atoms with E-state index in [0.717, 1.165) is 41.0 Å². The van der Waals surface area contributed by atoms with Crippen LogP contribution in [0.15, 0.2) is 24.5 Å². The summed E-state index contributed by atoms with van der Waals surface area (Å²) in [5, 5.41) is 10.3. The molecule has 2 unspecified atom stereocenters. The van der Waals surface area contributed by atoms with Crippen molar-refractivity contribution in [2.75, 3.05) is 24.2 Å². The molecule has 2 aliphatic carbocycles. The van der Waals surface area contributed by atoms with E-state index >= 15 is 0 Å². The average Bonchev–Trinajstić information content (AvgIpc) is 3.49. The monoisotopic (exact) mass is 433 g/mol. The van der Waals surface area contributed by atoms with Gasteiger partial charge in [0.25, 0.3) is 0 Å². The Hall–Kier alpha value is -3.33. The number of hydrogen-bond donors (Lipinski definition) is 3. The van der Waals surface area contributed by atoms with E-state index in [-0.39, 0.29) is 11.8 Å². The van der Waals surface area contributed by atoms with Gasteiger partial charge < -0.3 is 20.7 Å². The summed E-state index contributed by atoms with van der Waals surface area (Å²) in [7, 11) is 1.80. The van der Waals surface area contributed by atoms with Crippen molar-refractivity contribution in [2.45, 2.75) is 38.3 Å². The van der Waals surface area contributed by atoms with Gasteiger partial charge in [0.15, 0.2) is 5.75 Å². The van der Waals surface area contributed by atoms with Gasteiger partial charge in [0.05, 0.1) is 18.1 Å². The molecule has 0 spiro atoms. The highest BCUT2D eigenvalue weighted by molar-refractivity contribution is 5.87. The lowest BCUT2D eigenvalue weighted by Crippen LogP contribution is -2.37. The molecule has 9 heteroatoms. The van der Waals surface area contributed by atoms with Crippen molar-refractivity contribution in [3.8, 4) is 22.9 Å². The molecule has 1 aliphatic heterocycles. The van der Waals surface area contributed by atoms with E-state index in [4.69, 9.17) is 9.72 Å². The second-order valence-electron chi connectivity index (χ2n) is 8.74. The summed E-state index contributed by atoms with van der Waals surface area (Å²) in [6.07, 6.45) is 6.01. The maximum absolute atomic E-state index is 14.4. The Labute approximate surface area is 185 Å². The molecule has 0 radical (unpaired) electrons. The van der Waals surface area contributed by atoms with E-state index in [2.05, 4.69) is 30.9 Å². The van der Waals surface area contributed by atoms with Gasteiger partial charge >= 0.3 is 6.01 Å². The molecule has 3 N–H and O–H groups in total. The summed E-state index contributed by atoms with van der Waals surface area (Å²) in [4.78, 5) is 17.8. The molecule has 1 saturated heterocycles. The highest BCUT2D eigenvalue weighted by Gasteiger charge is 2.40. The van der Waals surface area contributed by atoms with E-state index in [1.807, 2.05) is 6.92 Å². The van der Waals surface area contributed by atoms with Crippen molar-refractivity contribution in [3.05, 3.63) is 47.4 Å². The standard InChI is InChI=1S/C23H24FN7O/c1-11-26-9-15(10-27-11)32-23-30-20-7-16-17(4-13(24)5-19(16)25-2)21(20)22(31-23)29-18-6-14-3-12(18)8-28-14/h4-5,9-10,12,14,18,25,28H,3,6-8H2,1-2H3,(H,29,30,31)/t12?,14?,18-/m1/s1. The van der Waals surface area contributed by atoms with Gasteiger partial charge in [0.1, 0.15) is 17.5 Å². The van der Waals surface area contributed by atoms with Crippen LogP contribution < -0.4 is 20.7 Å². The van der Waals surface area contributed by atoms with Gasteiger partial charge in [-0.15, -0.1) is 0 Å². The summed E-state index contributed by atoms with van der Waals surface area (Å²) >= 11 is 0. The molecule has 1 saturated carbocycles. The molecule has 2 aromatic heterocycles. The van der Waals surface area contributed by atoms with E-state index in [1.54, 1.807) is 25.5 Å². The third kappa shape index (κ3) is 3.24. The fourth-order valence-electron chi connectivity index (χ4n) is 5.21. The zero-order valence-corrected chi connectivity index (χ0v) is 17.9. The lowest BCUT2D eigenvalue weighted by atomic mass is 10.0. The number of rotatable bonds is 5. The van der Waals surface area contributed by atoms with Crippen molar-refractivity contribution in [2.24, 2.45) is 5.92 Å². The first-order valence-corrected chi connectivity index (χ1v) is 10.9. The summed E-state index contributed by atoms with van der Waals surface area (Å²) in [6, 6.07) is 4.20. The zero-order chi connectivity index (χ0) is 21.8. The number of nitrogens with zero attached hydrogens (tertiary/aromatic N) is 4. The van der Waals surface area contributed by atoms with Gasteiger partial charge in [-0.1, -0.05) is 0 Å². The minimum atomic E-state index is -0.284. The molecule has 0 amide bonds. The maximum atomic E-state index is 14.4. The van der Waals surface area contributed by atoms with Crippen LogP contribution in [0.25, 0.3) is 11.1 Å². The van der Waals surface area contributed by atoms with Crippen LogP contribution in [0.4, 0.5) is 15.9 Å². The minimum Gasteiger partial charge on any atom is -0.421 e. The average molecular weight is 433 g/mol. The molecule has 3 heterocycles. The molecule has 2 bridgehead atoms. The molecule has 3 atom stereocenters. The number of fused-ring (bicyclic) bond motifs is 5. The SMILES string of the molecule is CNc1cc(F)cc2c1Cc1nc(Oc3cnc(C)nc3)nc(N[C@@H]3CC4CC3CN4)c1-2. The number of ether oxygens (including phenoxy) is 1. The fraction of sp³-hybridized carbons (Fsp3) is 0.391. The van der Waals surface area contributed by atoms with E-state index in [0.29, 0.717) is 41.8 Å². The molecule has 8 nitrogen and oxygen atoms in total. The molecular weight excluding hydrogens is 409 g/mol. The molecule has 6 rings (SSSR count). The van der Waals surface area contributed by atoms with Gasteiger partial charge in [-0.05, 0) is 48.9 Å². The van der Waals surface area contributed by atoms with Crippen molar-refractivity contribution in [3.63, 3.8) is 0 Å². The van der Waals surface area contributed by atoms with Gasteiger partial charge in [0, 0.05) is 43.3 Å². The van der Waals surface area contributed by atoms with Gasteiger partial charge in [-0.2, -0.15) is 9.97 Å². The van der Waals surface area contributed by atoms with Crippen LogP contribution >= 0.6 is 0 Å². The number of piperidine rings is 1. The van der Waals surface area contributed by atoms with Crippen LogP contribution in [-0.4, -0.2) is 45.6 Å². The fourth-order valence-corrected chi connectivity index (χ4v) is 5.21. The predicted molar refractivity (Wildman–Crippen MR) is 119 cm³/mol. The van der Waals surface area contributed by atoms with Crippen molar-refractivity contribution in [1.29, 1.82) is 0 Å². The van der Waals surface area contributed by atoms with E-state index in [9.17, 15) is 4.39 Å². The van der Waals surface area contributed by atoms with Crippen LogP contribution in [0.3, 0.4) is 0 Å². The minimum absolute atomic E-state index is 0.235. The molecule has 32 heavy (non-hydrogen) atoms. The maximum Gasteiger partial charge on any atom is 0.324 e. The molecule has 2 fully saturated rings. The van der Waals surface area contributed by atoms with Crippen molar-refractivity contribution >= 4 is 11.5 Å². The quantitative estimate of drug-likeness (QED) is 0.441. The Morgan fingerprint density at radius 3 is 2.72 bits per heavy atom. The molecule has 164 valence electrons. The molecule has 1 aromatic carbocycles. The number of anilines is 2. The van der Waals surface area contributed by atoms with Crippen LogP contribution in [-0.2, 0) is 6.42 Å². The number of halogens is 1. The summed E-state index contributed by atoms with van der Waals surface area (Å²) in [5.74, 6) is 2.11. The highest BCUT2D eigenvalue weighted by Crippen LogP contribution is 2.45. The number of benzene rings is 1. The highest BCUT2D eigenvalue weighted by atomic mass is 19.1. The van der Waals surface area contributed by atoms with Crippen LogP contribution in [0, 0.1) is 18.7 Å². The number of nitrogens with one attached hydrogen (secondary N) is 3. The van der Waals surface area contributed by atoms with Crippen molar-refractivity contribution < 1.29 is 9.13 Å². The van der Waals surface area contributed by atoms with E-state index in [1.165, 1.54) is 12.5 Å². The first-order valence-electron chi connectivity index (χ1n) is 10.9. The Balaban J connectivity index is 1.42. The first kappa shape index (κ1) is 19.4. The topological polar surface area (TPSA) is 96.9 Å². The zero-order valence-electron chi connectivity index (χ0n) is 17.9. The number of aryl methyl sites for hydroxylation is 1. The summed E-state index contributed by atoms with van der Waals surface area (Å²) in [5.41, 5.74) is 4.30. The Bertz CT molecular complexity index is 1200. The smallest absolute Gasteiger partial charge is 0.324 e. The molecule has 3 aromatic rings. The normalized spacial score (nSPS) is 22.5. The van der Waals surface area contributed by atoms with Gasteiger partial charge in [-0.3, -0.25) is 0 Å². The van der Waals surface area contributed by atoms with Crippen LogP contribution in [0.1, 0.15) is 29.9 Å². The lowest BCUT2D eigenvalue weighted by molar-refractivity contribution is 0.433. The Morgan fingerprint density at radius 2 is 2.00 bits per heavy atom. The van der Waals surface area contributed by atoms with Crippen LogP contribution in [0.2, 0.25) is 0 Å². The number of hydrogen-bond acceptors (Lipinski definition) is 8. The second kappa shape index (κ2) is 7.37. The lowest BCUT2D eigenvalue weighted by Gasteiger charge is -2.25. The third-order valence-electron chi connectivity index (χ3n) is 6.71. The second-order valence-corrected chi connectivity index (χ2v) is 8.74. The predicted octanol–water partition coefficient (Wildman–Crippen LogP) is 3.28. The number of aromatic nitrogens is 4. The van der Waals surface area contributed by atoms with E-state index < -0.39 is 0 Å². The first-order chi connectivity index (χ1) is 15.6. The molecular formula is C23H24FN7O. The largest absolute Gasteiger partial charge is 0.421 e. The van der Waals surface area contributed by atoms with Gasteiger partial charge in [-0.25, -0.2) is 14.4 Å². The Morgan fingerprint density at radius 1 is 1.16 bits per heavy atom. The van der Waals surface area contributed by atoms with Crippen LogP contribution in [0.5, 0.6) is 11.8 Å². The van der Waals surface area contributed by atoms with Crippen molar-refractivity contribution in [1.82, 2.24) is 25.3 Å².